The highest BCUT2D eigenvalue weighted by Gasteiger charge is 2.19. The zero-order valence-corrected chi connectivity index (χ0v) is 12.9. The number of oxazole rings is 1. The summed E-state index contributed by atoms with van der Waals surface area (Å²) in [5, 5.41) is 3.32. The number of amides is 1. The predicted octanol–water partition coefficient (Wildman–Crippen LogP) is 2.73. The Bertz CT molecular complexity index is 661. The summed E-state index contributed by atoms with van der Waals surface area (Å²) in [6, 6.07) is 1.47. The number of nitrogens with zero attached hydrogens (tertiary/aromatic N) is 2. The third-order valence-electron chi connectivity index (χ3n) is 2.83. The van der Waals surface area contributed by atoms with Crippen LogP contribution in [0.1, 0.15) is 42.8 Å². The minimum Gasteiger partial charge on any atom is -0.443 e. The van der Waals surface area contributed by atoms with Gasteiger partial charge in [0.1, 0.15) is 11.6 Å². The van der Waals surface area contributed by atoms with Crippen molar-refractivity contribution in [3.05, 3.63) is 40.7 Å². The minimum absolute atomic E-state index is 0.0930. The van der Waals surface area contributed by atoms with Gasteiger partial charge in [0, 0.05) is 11.6 Å². The average molecular weight is 309 g/mol. The molecule has 3 N–H and O–H groups in total. The van der Waals surface area contributed by atoms with Crippen molar-refractivity contribution in [1.29, 1.82) is 0 Å². The molecule has 112 valence electrons. The van der Waals surface area contributed by atoms with Gasteiger partial charge in [0.15, 0.2) is 0 Å². The fourth-order valence-electron chi connectivity index (χ4n) is 1.60. The Kier molecular flexibility index (Phi) is 4.18. The second kappa shape index (κ2) is 5.73. The summed E-state index contributed by atoms with van der Waals surface area (Å²) in [6.45, 7) is 6.49. The van der Waals surface area contributed by atoms with Crippen molar-refractivity contribution in [3.63, 3.8) is 0 Å². The number of aromatic nitrogens is 2. The van der Waals surface area contributed by atoms with Gasteiger partial charge in [0.05, 0.1) is 23.3 Å². The number of primary amides is 1. The van der Waals surface area contributed by atoms with E-state index in [1.165, 1.54) is 12.3 Å². The Balaban J connectivity index is 2.06. The average Bonchev–Trinajstić information content (AvgIpc) is 2.85. The van der Waals surface area contributed by atoms with Crippen LogP contribution >= 0.6 is 11.6 Å². The summed E-state index contributed by atoms with van der Waals surface area (Å²) in [5.41, 5.74) is 5.33. The van der Waals surface area contributed by atoms with Crippen LogP contribution in [-0.2, 0) is 12.0 Å². The van der Waals surface area contributed by atoms with Gasteiger partial charge in [-0.15, -0.1) is 0 Å². The molecule has 0 atom stereocenters. The second-order valence-electron chi connectivity index (χ2n) is 5.64. The molecule has 1 amide bonds. The number of hydrogen-bond acceptors (Lipinski definition) is 5. The predicted molar refractivity (Wildman–Crippen MR) is 80.3 cm³/mol. The Morgan fingerprint density at radius 1 is 1.38 bits per heavy atom. The van der Waals surface area contributed by atoms with E-state index in [9.17, 15) is 4.79 Å². The molecule has 0 radical (unpaired) electrons. The van der Waals surface area contributed by atoms with E-state index in [0.29, 0.717) is 23.3 Å². The number of halogens is 1. The van der Waals surface area contributed by atoms with Crippen LogP contribution in [0.2, 0.25) is 5.02 Å². The van der Waals surface area contributed by atoms with Gasteiger partial charge >= 0.3 is 0 Å². The molecule has 21 heavy (non-hydrogen) atoms. The first-order valence-corrected chi connectivity index (χ1v) is 6.79. The highest BCUT2D eigenvalue weighted by atomic mass is 35.5. The number of rotatable bonds is 4. The smallest absolute Gasteiger partial charge is 0.250 e. The van der Waals surface area contributed by atoms with Gasteiger partial charge in [-0.25, -0.2) is 9.97 Å². The van der Waals surface area contributed by atoms with Crippen LogP contribution in [0.15, 0.2) is 22.9 Å². The monoisotopic (exact) mass is 308 g/mol. The summed E-state index contributed by atoms with van der Waals surface area (Å²) in [6.07, 6.45) is 3.08. The number of pyridine rings is 1. The lowest BCUT2D eigenvalue weighted by Gasteiger charge is -2.13. The van der Waals surface area contributed by atoms with Gasteiger partial charge < -0.3 is 15.5 Å². The molecule has 0 aliphatic heterocycles. The summed E-state index contributed by atoms with van der Waals surface area (Å²) >= 11 is 6.03. The maximum atomic E-state index is 11.0. The minimum atomic E-state index is -0.571. The largest absolute Gasteiger partial charge is 0.443 e. The summed E-state index contributed by atoms with van der Waals surface area (Å²) < 4.78 is 5.65. The van der Waals surface area contributed by atoms with Gasteiger partial charge in [0.25, 0.3) is 0 Å². The van der Waals surface area contributed by atoms with Crippen LogP contribution in [0.3, 0.4) is 0 Å². The van der Waals surface area contributed by atoms with Crippen molar-refractivity contribution in [2.45, 2.75) is 32.7 Å². The van der Waals surface area contributed by atoms with Gasteiger partial charge in [-0.3, -0.25) is 4.79 Å². The van der Waals surface area contributed by atoms with Crippen molar-refractivity contribution in [1.82, 2.24) is 9.97 Å². The van der Waals surface area contributed by atoms with Crippen LogP contribution in [-0.4, -0.2) is 15.9 Å². The van der Waals surface area contributed by atoms with Gasteiger partial charge in [0.2, 0.25) is 11.8 Å². The number of anilines is 1. The number of hydrogen-bond donors (Lipinski definition) is 2. The van der Waals surface area contributed by atoms with Crippen LogP contribution in [0.25, 0.3) is 0 Å². The van der Waals surface area contributed by atoms with Gasteiger partial charge in [-0.1, -0.05) is 32.4 Å². The second-order valence-corrected chi connectivity index (χ2v) is 6.05. The molecule has 2 heterocycles. The molecule has 0 aliphatic carbocycles. The Hall–Kier alpha value is -2.08. The maximum Gasteiger partial charge on any atom is 0.250 e. The van der Waals surface area contributed by atoms with E-state index in [4.69, 9.17) is 21.8 Å². The molecule has 0 spiro atoms. The van der Waals surface area contributed by atoms with Crippen molar-refractivity contribution < 1.29 is 9.21 Å². The number of carbonyl (C=O) groups excluding carboxylic acids is 1. The van der Waals surface area contributed by atoms with Crippen molar-refractivity contribution in [2.75, 3.05) is 5.32 Å². The molecule has 2 aromatic heterocycles. The molecule has 0 bridgehead atoms. The lowest BCUT2D eigenvalue weighted by Crippen LogP contribution is -2.12. The van der Waals surface area contributed by atoms with Crippen molar-refractivity contribution in [3.8, 4) is 0 Å². The first-order valence-electron chi connectivity index (χ1n) is 6.42. The van der Waals surface area contributed by atoms with E-state index < -0.39 is 5.91 Å². The third-order valence-corrected chi connectivity index (χ3v) is 3.11. The SMILES string of the molecule is CC(C)(C)c1cnc(CNc2ncc(C(N)=O)cc2Cl)o1. The molecule has 0 saturated heterocycles. The summed E-state index contributed by atoms with van der Waals surface area (Å²) in [7, 11) is 0. The zero-order chi connectivity index (χ0) is 15.6. The van der Waals surface area contributed by atoms with E-state index in [1.54, 1.807) is 6.20 Å². The van der Waals surface area contributed by atoms with Crippen LogP contribution in [0.5, 0.6) is 0 Å². The number of nitrogens with two attached hydrogens (primary N) is 1. The fourth-order valence-corrected chi connectivity index (χ4v) is 1.83. The molecular weight excluding hydrogens is 292 g/mol. The highest BCUT2D eigenvalue weighted by Crippen LogP contribution is 2.24. The van der Waals surface area contributed by atoms with E-state index >= 15 is 0 Å². The summed E-state index contributed by atoms with van der Waals surface area (Å²) in [4.78, 5) is 19.3. The fraction of sp³-hybridized carbons (Fsp3) is 0.357. The van der Waals surface area contributed by atoms with Crippen molar-refractivity contribution >= 4 is 23.3 Å². The molecule has 0 aromatic carbocycles. The van der Waals surface area contributed by atoms with Crippen LogP contribution in [0.4, 0.5) is 5.82 Å². The Morgan fingerprint density at radius 3 is 2.62 bits per heavy atom. The van der Waals surface area contributed by atoms with Gasteiger partial charge in [-0.05, 0) is 6.07 Å². The lowest BCUT2D eigenvalue weighted by molar-refractivity contribution is 0.1000. The van der Waals surface area contributed by atoms with Crippen LogP contribution in [0, 0.1) is 0 Å². The third kappa shape index (κ3) is 3.72. The molecule has 7 heteroatoms. The van der Waals surface area contributed by atoms with E-state index in [2.05, 4.69) is 15.3 Å². The standard InChI is InChI=1S/C14H17ClN4O2/c1-14(2,3)10-6-17-11(21-10)7-19-13-9(15)4-8(5-18-13)12(16)20/h4-6H,7H2,1-3H3,(H2,16,20)(H,18,19). The Labute approximate surface area is 127 Å². The first-order chi connectivity index (χ1) is 9.77. The molecular formula is C14H17ClN4O2. The topological polar surface area (TPSA) is 94.0 Å². The molecule has 0 unspecified atom stereocenters. The molecule has 0 aliphatic rings. The van der Waals surface area contributed by atoms with E-state index in [1.807, 2.05) is 20.8 Å². The maximum absolute atomic E-state index is 11.0. The Morgan fingerprint density at radius 2 is 2.10 bits per heavy atom. The molecule has 0 fully saturated rings. The molecule has 0 saturated carbocycles. The normalized spacial score (nSPS) is 11.4. The zero-order valence-electron chi connectivity index (χ0n) is 12.1. The van der Waals surface area contributed by atoms with E-state index in [-0.39, 0.29) is 11.0 Å². The molecule has 6 nitrogen and oxygen atoms in total. The first kappa shape index (κ1) is 15.3. The lowest BCUT2D eigenvalue weighted by atomic mass is 9.94. The number of nitrogens with one attached hydrogen (secondary N) is 1. The van der Waals surface area contributed by atoms with Gasteiger partial charge in [-0.2, -0.15) is 0 Å². The molecule has 2 rings (SSSR count). The molecule has 2 aromatic rings. The van der Waals surface area contributed by atoms with E-state index in [0.717, 1.165) is 5.76 Å². The quantitative estimate of drug-likeness (QED) is 0.905. The van der Waals surface area contributed by atoms with Crippen LogP contribution < -0.4 is 11.1 Å². The number of carbonyl (C=O) groups is 1. The van der Waals surface area contributed by atoms with Crippen molar-refractivity contribution in [2.24, 2.45) is 5.73 Å². The summed E-state index contributed by atoms with van der Waals surface area (Å²) in [5.74, 6) is 1.22. The highest BCUT2D eigenvalue weighted by molar-refractivity contribution is 6.33.